The number of hydrogen-bond acceptors (Lipinski definition) is 4. The van der Waals surface area contributed by atoms with Gasteiger partial charge in [-0.3, -0.25) is 9.10 Å². The second-order valence-corrected chi connectivity index (χ2v) is 10.0. The van der Waals surface area contributed by atoms with Gasteiger partial charge in [-0.1, -0.05) is 13.3 Å². The summed E-state index contributed by atoms with van der Waals surface area (Å²) in [7, 11) is -3.82. The number of sulfonamides is 1. The van der Waals surface area contributed by atoms with E-state index in [1.54, 1.807) is 36.4 Å². The standard InChI is InChI=1S/C26H27FN2O4S/c1-2-3-17-33-23-11-6-19(7-12-23)26(30)28-22-10-15-25-20(18-22)5-4-16-29(25)34(31,32)24-13-8-21(27)9-14-24/h6-15,18H,2-5,16-17H2,1H3,(H,28,30). The van der Waals surface area contributed by atoms with Gasteiger partial charge in [0, 0.05) is 17.8 Å². The number of benzene rings is 3. The smallest absolute Gasteiger partial charge is 0.264 e. The Morgan fingerprint density at radius 3 is 2.50 bits per heavy atom. The first-order valence-electron chi connectivity index (χ1n) is 11.3. The fourth-order valence-corrected chi connectivity index (χ4v) is 5.41. The minimum Gasteiger partial charge on any atom is -0.494 e. The van der Waals surface area contributed by atoms with Crippen molar-refractivity contribution in [2.24, 2.45) is 0 Å². The third kappa shape index (κ3) is 5.22. The Morgan fingerprint density at radius 1 is 1.06 bits per heavy atom. The van der Waals surface area contributed by atoms with Crippen LogP contribution in [0.15, 0.2) is 71.6 Å². The zero-order valence-corrected chi connectivity index (χ0v) is 19.8. The van der Waals surface area contributed by atoms with Gasteiger partial charge < -0.3 is 10.1 Å². The molecule has 1 aliphatic rings. The van der Waals surface area contributed by atoms with Gasteiger partial charge in [-0.05, 0) is 91.6 Å². The highest BCUT2D eigenvalue weighted by Crippen LogP contribution is 2.34. The first kappa shape index (κ1) is 23.8. The van der Waals surface area contributed by atoms with E-state index in [4.69, 9.17) is 4.74 Å². The molecule has 0 unspecified atom stereocenters. The van der Waals surface area contributed by atoms with Gasteiger partial charge in [0.2, 0.25) is 0 Å². The van der Waals surface area contributed by atoms with Crippen molar-refractivity contribution in [3.05, 3.63) is 83.7 Å². The predicted octanol–water partition coefficient (Wildman–Crippen LogP) is 5.40. The number of rotatable bonds is 8. The largest absolute Gasteiger partial charge is 0.494 e. The van der Waals surface area contributed by atoms with Crippen LogP contribution in [-0.4, -0.2) is 27.5 Å². The molecule has 0 aromatic heterocycles. The summed E-state index contributed by atoms with van der Waals surface area (Å²) in [6, 6.07) is 17.0. The molecule has 1 amide bonds. The number of nitrogens with zero attached hydrogens (tertiary/aromatic N) is 1. The fourth-order valence-electron chi connectivity index (χ4n) is 3.86. The average molecular weight is 483 g/mol. The number of aryl methyl sites for hydroxylation is 1. The van der Waals surface area contributed by atoms with Crippen molar-refractivity contribution >= 4 is 27.3 Å². The molecular weight excluding hydrogens is 455 g/mol. The zero-order valence-electron chi connectivity index (χ0n) is 19.0. The molecule has 0 atom stereocenters. The van der Waals surface area contributed by atoms with E-state index in [2.05, 4.69) is 12.2 Å². The van der Waals surface area contributed by atoms with Gasteiger partial charge in [0.05, 0.1) is 17.2 Å². The summed E-state index contributed by atoms with van der Waals surface area (Å²) >= 11 is 0. The van der Waals surface area contributed by atoms with E-state index < -0.39 is 15.8 Å². The molecule has 0 radical (unpaired) electrons. The third-order valence-corrected chi connectivity index (χ3v) is 7.53. The maximum Gasteiger partial charge on any atom is 0.264 e. The minimum atomic E-state index is -3.82. The summed E-state index contributed by atoms with van der Waals surface area (Å²) in [5.41, 5.74) is 2.49. The van der Waals surface area contributed by atoms with Crippen molar-refractivity contribution in [3.63, 3.8) is 0 Å². The highest BCUT2D eigenvalue weighted by atomic mass is 32.2. The SMILES string of the molecule is CCCCOc1ccc(C(=O)Nc2ccc3c(c2)CCCN3S(=O)(=O)c2ccc(F)cc2)cc1. The number of carbonyl (C=O) groups excluding carboxylic acids is 1. The highest BCUT2D eigenvalue weighted by Gasteiger charge is 2.29. The van der Waals surface area contributed by atoms with Gasteiger partial charge in [-0.25, -0.2) is 12.8 Å². The maximum absolute atomic E-state index is 13.3. The molecule has 0 saturated heterocycles. The summed E-state index contributed by atoms with van der Waals surface area (Å²) in [6.45, 7) is 3.08. The zero-order chi connectivity index (χ0) is 24.1. The molecule has 34 heavy (non-hydrogen) atoms. The number of fused-ring (bicyclic) bond motifs is 1. The van der Waals surface area contributed by atoms with Crippen LogP contribution in [0.1, 0.15) is 42.1 Å². The van der Waals surface area contributed by atoms with Gasteiger partial charge >= 0.3 is 0 Å². The first-order valence-corrected chi connectivity index (χ1v) is 12.8. The number of hydrogen-bond donors (Lipinski definition) is 1. The van der Waals surface area contributed by atoms with Crippen molar-refractivity contribution in [2.75, 3.05) is 22.8 Å². The Labute approximate surface area is 199 Å². The quantitative estimate of drug-likeness (QED) is 0.436. The van der Waals surface area contributed by atoms with Gasteiger partial charge in [-0.2, -0.15) is 0 Å². The topological polar surface area (TPSA) is 75.7 Å². The summed E-state index contributed by atoms with van der Waals surface area (Å²) in [6.07, 6.45) is 3.36. The minimum absolute atomic E-state index is 0.0428. The van der Waals surface area contributed by atoms with Crippen molar-refractivity contribution < 1.29 is 22.3 Å². The lowest BCUT2D eigenvalue weighted by atomic mass is 10.0. The molecule has 3 aromatic carbocycles. The van der Waals surface area contributed by atoms with Gasteiger partial charge in [0.15, 0.2) is 0 Å². The molecule has 4 rings (SSSR count). The van der Waals surface area contributed by atoms with Crippen LogP contribution in [0.5, 0.6) is 5.75 Å². The number of ether oxygens (including phenoxy) is 1. The Morgan fingerprint density at radius 2 is 1.79 bits per heavy atom. The summed E-state index contributed by atoms with van der Waals surface area (Å²) < 4.78 is 46.5. The Kier molecular flexibility index (Phi) is 7.17. The van der Waals surface area contributed by atoms with Crippen LogP contribution in [0.4, 0.5) is 15.8 Å². The van der Waals surface area contributed by atoms with Gasteiger partial charge in [0.1, 0.15) is 11.6 Å². The number of nitrogens with one attached hydrogen (secondary N) is 1. The lowest BCUT2D eigenvalue weighted by Gasteiger charge is -2.31. The van der Waals surface area contributed by atoms with Crippen LogP contribution in [-0.2, 0) is 16.4 Å². The van der Waals surface area contributed by atoms with Crippen molar-refractivity contribution in [1.29, 1.82) is 0 Å². The normalized spacial score (nSPS) is 13.3. The average Bonchev–Trinajstić information content (AvgIpc) is 2.84. The Hall–Kier alpha value is -3.39. The molecule has 8 heteroatoms. The third-order valence-electron chi connectivity index (χ3n) is 5.70. The molecule has 0 spiro atoms. The van der Waals surface area contributed by atoms with Crippen LogP contribution in [0, 0.1) is 5.82 Å². The van der Waals surface area contributed by atoms with Crippen LogP contribution in [0.25, 0.3) is 0 Å². The number of unbranched alkanes of at least 4 members (excludes halogenated alkanes) is 1. The molecule has 1 aliphatic heterocycles. The summed E-state index contributed by atoms with van der Waals surface area (Å²) in [5, 5.41) is 2.88. The molecule has 6 nitrogen and oxygen atoms in total. The number of halogens is 1. The van der Waals surface area contributed by atoms with Crippen LogP contribution < -0.4 is 14.4 Å². The Balaban J connectivity index is 1.49. The second-order valence-electron chi connectivity index (χ2n) is 8.16. The monoisotopic (exact) mass is 482 g/mol. The first-order chi connectivity index (χ1) is 16.4. The number of amides is 1. The molecule has 178 valence electrons. The molecule has 0 saturated carbocycles. The van der Waals surface area contributed by atoms with E-state index in [0.29, 0.717) is 42.9 Å². The van der Waals surface area contributed by atoms with E-state index in [1.807, 2.05) is 6.07 Å². The van der Waals surface area contributed by atoms with Gasteiger partial charge in [-0.15, -0.1) is 0 Å². The van der Waals surface area contributed by atoms with E-state index in [1.165, 1.54) is 16.4 Å². The van der Waals surface area contributed by atoms with Crippen molar-refractivity contribution in [3.8, 4) is 5.75 Å². The van der Waals surface area contributed by atoms with E-state index in [0.717, 1.165) is 36.3 Å². The van der Waals surface area contributed by atoms with E-state index in [-0.39, 0.29) is 10.8 Å². The van der Waals surface area contributed by atoms with E-state index in [9.17, 15) is 17.6 Å². The lowest BCUT2D eigenvalue weighted by Crippen LogP contribution is -2.35. The molecule has 0 bridgehead atoms. The molecule has 0 aliphatic carbocycles. The van der Waals surface area contributed by atoms with E-state index >= 15 is 0 Å². The molecular formula is C26H27FN2O4S. The number of anilines is 2. The van der Waals surface area contributed by atoms with Crippen molar-refractivity contribution in [1.82, 2.24) is 0 Å². The van der Waals surface area contributed by atoms with Crippen LogP contribution in [0.3, 0.4) is 0 Å². The van der Waals surface area contributed by atoms with Crippen LogP contribution in [0.2, 0.25) is 0 Å². The molecule has 1 heterocycles. The Bertz CT molecular complexity index is 1260. The van der Waals surface area contributed by atoms with Crippen LogP contribution >= 0.6 is 0 Å². The lowest BCUT2D eigenvalue weighted by molar-refractivity contribution is 0.102. The maximum atomic E-state index is 13.3. The van der Waals surface area contributed by atoms with Crippen molar-refractivity contribution in [2.45, 2.75) is 37.5 Å². The molecule has 1 N–H and O–H groups in total. The summed E-state index contributed by atoms with van der Waals surface area (Å²) in [5.74, 6) is -0.0232. The predicted molar refractivity (Wildman–Crippen MR) is 130 cm³/mol. The fraction of sp³-hybridized carbons (Fsp3) is 0.269. The summed E-state index contributed by atoms with van der Waals surface area (Å²) in [4.78, 5) is 12.7. The van der Waals surface area contributed by atoms with Gasteiger partial charge in [0.25, 0.3) is 15.9 Å². The second kappa shape index (κ2) is 10.3. The molecule has 3 aromatic rings. The molecule has 0 fully saturated rings. The number of carbonyl (C=O) groups is 1. The highest BCUT2D eigenvalue weighted by molar-refractivity contribution is 7.92.